The van der Waals surface area contributed by atoms with Crippen LogP contribution in [0.3, 0.4) is 0 Å². The third-order valence-electron chi connectivity index (χ3n) is 2.98. The molecule has 0 radical (unpaired) electrons. The van der Waals surface area contributed by atoms with Crippen molar-refractivity contribution in [2.24, 2.45) is 0 Å². The average Bonchev–Trinajstić information content (AvgIpc) is 2.54. The molecule has 0 saturated heterocycles. The third-order valence-corrected chi connectivity index (χ3v) is 5.10. The van der Waals surface area contributed by atoms with Gasteiger partial charge in [-0.25, -0.2) is 8.42 Å². The molecule has 116 valence electrons. The Kier molecular flexibility index (Phi) is 5.10. The molecule has 2 aromatic rings. The average molecular weight is 336 g/mol. The predicted octanol–water partition coefficient (Wildman–Crippen LogP) is 2.57. The summed E-state index contributed by atoms with van der Waals surface area (Å²) in [6, 6.07) is 12.9. The minimum Gasteiger partial charge on any atom is -0.355 e. The van der Waals surface area contributed by atoms with Crippen LogP contribution in [-0.4, -0.2) is 27.6 Å². The lowest BCUT2D eigenvalue weighted by molar-refractivity contribution is 0.0963. The van der Waals surface area contributed by atoms with Gasteiger partial charge in [0.1, 0.15) is 0 Å². The molecule has 0 bridgehead atoms. The normalized spacial score (nSPS) is 11.0. The molecule has 0 aliphatic carbocycles. The number of benzene rings is 2. The summed E-state index contributed by atoms with van der Waals surface area (Å²) >= 11 is 1.53. The van der Waals surface area contributed by atoms with Crippen LogP contribution in [0.4, 0.5) is 5.69 Å². The zero-order valence-corrected chi connectivity index (χ0v) is 13.8. The first-order valence-corrected chi connectivity index (χ1v) is 9.16. The first-order chi connectivity index (χ1) is 10.5. The highest BCUT2D eigenvalue weighted by Crippen LogP contribution is 2.22. The van der Waals surface area contributed by atoms with Gasteiger partial charge in [-0.15, -0.1) is 11.8 Å². The lowest BCUT2D eigenvalue weighted by Crippen LogP contribution is -2.18. The van der Waals surface area contributed by atoms with Gasteiger partial charge in [-0.2, -0.15) is 0 Å². The second kappa shape index (κ2) is 6.85. The van der Waals surface area contributed by atoms with Gasteiger partial charge in [0.05, 0.1) is 4.90 Å². The van der Waals surface area contributed by atoms with Crippen LogP contribution < -0.4 is 10.0 Å². The van der Waals surface area contributed by atoms with Crippen LogP contribution in [0.15, 0.2) is 58.3 Å². The molecule has 5 nitrogen and oxygen atoms in total. The van der Waals surface area contributed by atoms with E-state index in [2.05, 4.69) is 10.0 Å². The summed E-state index contributed by atoms with van der Waals surface area (Å²) in [5.41, 5.74) is 0.910. The highest BCUT2D eigenvalue weighted by Gasteiger charge is 2.15. The minimum atomic E-state index is -3.68. The zero-order chi connectivity index (χ0) is 16.2. The van der Waals surface area contributed by atoms with Crippen molar-refractivity contribution in [2.75, 3.05) is 18.0 Å². The van der Waals surface area contributed by atoms with Crippen LogP contribution >= 0.6 is 11.8 Å². The summed E-state index contributed by atoms with van der Waals surface area (Å²) in [5, 5.41) is 2.49. The molecular weight excluding hydrogens is 320 g/mol. The molecule has 0 atom stereocenters. The molecular formula is C15H16N2O3S2. The van der Waals surface area contributed by atoms with Crippen molar-refractivity contribution < 1.29 is 13.2 Å². The Balaban J connectivity index is 2.24. The van der Waals surface area contributed by atoms with Crippen LogP contribution in [-0.2, 0) is 10.0 Å². The summed E-state index contributed by atoms with van der Waals surface area (Å²) in [6.07, 6.45) is 1.92. The molecule has 22 heavy (non-hydrogen) atoms. The number of sulfonamides is 1. The number of carbonyl (C=O) groups is 1. The Bertz CT molecular complexity index is 772. The highest BCUT2D eigenvalue weighted by atomic mass is 32.2. The minimum absolute atomic E-state index is 0.106. The maximum Gasteiger partial charge on any atom is 0.261 e. The molecule has 0 spiro atoms. The van der Waals surface area contributed by atoms with Crippen LogP contribution in [0.5, 0.6) is 0 Å². The second-order valence-electron chi connectivity index (χ2n) is 4.44. The molecule has 1 amide bonds. The SMILES string of the molecule is CNC(=O)c1ccc(S(=O)(=O)Nc2cccc(SC)c2)cc1. The van der Waals surface area contributed by atoms with Gasteiger partial charge in [-0.05, 0) is 48.7 Å². The van der Waals surface area contributed by atoms with Gasteiger partial charge in [0.25, 0.3) is 15.9 Å². The largest absolute Gasteiger partial charge is 0.355 e. The topological polar surface area (TPSA) is 75.3 Å². The van der Waals surface area contributed by atoms with Gasteiger partial charge in [0.15, 0.2) is 0 Å². The molecule has 2 N–H and O–H groups in total. The second-order valence-corrected chi connectivity index (χ2v) is 7.00. The van der Waals surface area contributed by atoms with Crippen LogP contribution in [0.1, 0.15) is 10.4 Å². The molecule has 0 heterocycles. The number of hydrogen-bond donors (Lipinski definition) is 2. The summed E-state index contributed by atoms with van der Waals surface area (Å²) in [4.78, 5) is 12.5. The fraction of sp³-hybridized carbons (Fsp3) is 0.133. The number of amides is 1. The molecule has 0 aromatic heterocycles. The zero-order valence-electron chi connectivity index (χ0n) is 12.2. The van der Waals surface area contributed by atoms with Crippen LogP contribution in [0.25, 0.3) is 0 Å². The molecule has 0 unspecified atom stereocenters. The number of thioether (sulfide) groups is 1. The molecule has 2 rings (SSSR count). The smallest absolute Gasteiger partial charge is 0.261 e. The number of rotatable bonds is 5. The van der Waals surface area contributed by atoms with Crippen LogP contribution in [0.2, 0.25) is 0 Å². The van der Waals surface area contributed by atoms with Crippen molar-refractivity contribution in [3.8, 4) is 0 Å². The fourth-order valence-corrected chi connectivity index (χ4v) is 3.34. The number of carbonyl (C=O) groups excluding carboxylic acids is 1. The number of hydrogen-bond acceptors (Lipinski definition) is 4. The quantitative estimate of drug-likeness (QED) is 0.823. The van der Waals surface area contributed by atoms with Crippen molar-refractivity contribution in [3.05, 3.63) is 54.1 Å². The van der Waals surface area contributed by atoms with Gasteiger partial charge < -0.3 is 5.32 Å². The Morgan fingerprint density at radius 3 is 2.36 bits per heavy atom. The van der Waals surface area contributed by atoms with E-state index in [1.54, 1.807) is 18.2 Å². The van der Waals surface area contributed by atoms with Crippen molar-refractivity contribution in [1.29, 1.82) is 0 Å². The van der Waals surface area contributed by atoms with Gasteiger partial charge in [-0.3, -0.25) is 9.52 Å². The lowest BCUT2D eigenvalue weighted by atomic mass is 10.2. The molecule has 0 aliphatic rings. The van der Waals surface area contributed by atoms with Crippen molar-refractivity contribution in [3.63, 3.8) is 0 Å². The number of nitrogens with one attached hydrogen (secondary N) is 2. The molecule has 2 aromatic carbocycles. The van der Waals surface area contributed by atoms with Crippen LogP contribution in [0, 0.1) is 0 Å². The third kappa shape index (κ3) is 3.80. The van der Waals surface area contributed by atoms with E-state index >= 15 is 0 Å². The first kappa shape index (κ1) is 16.4. The molecule has 7 heteroatoms. The van der Waals surface area contributed by atoms with E-state index in [-0.39, 0.29) is 10.8 Å². The molecule has 0 fully saturated rings. The summed E-state index contributed by atoms with van der Waals surface area (Å²) in [5.74, 6) is -0.260. The summed E-state index contributed by atoms with van der Waals surface area (Å²) in [6.45, 7) is 0. The number of anilines is 1. The van der Waals surface area contributed by atoms with E-state index in [0.717, 1.165) is 4.90 Å². The Morgan fingerprint density at radius 2 is 1.77 bits per heavy atom. The van der Waals surface area contributed by atoms with Gasteiger partial charge in [0.2, 0.25) is 0 Å². The van der Waals surface area contributed by atoms with E-state index in [1.165, 1.54) is 43.1 Å². The molecule has 0 aliphatic heterocycles. The van der Waals surface area contributed by atoms with Crippen molar-refractivity contribution in [2.45, 2.75) is 9.79 Å². The van der Waals surface area contributed by atoms with Gasteiger partial charge in [0, 0.05) is 23.2 Å². The van der Waals surface area contributed by atoms with Crippen molar-refractivity contribution >= 4 is 33.4 Å². The Morgan fingerprint density at radius 1 is 1.09 bits per heavy atom. The van der Waals surface area contributed by atoms with E-state index < -0.39 is 10.0 Å². The predicted molar refractivity (Wildman–Crippen MR) is 88.9 cm³/mol. The maximum absolute atomic E-state index is 12.3. The standard InChI is InChI=1S/C15H16N2O3S2/c1-16-15(18)11-6-8-14(9-7-11)22(19,20)17-12-4-3-5-13(10-12)21-2/h3-10,17H,1-2H3,(H,16,18). The van der Waals surface area contributed by atoms with Crippen molar-refractivity contribution in [1.82, 2.24) is 5.32 Å². The fourth-order valence-electron chi connectivity index (χ4n) is 1.83. The van der Waals surface area contributed by atoms with E-state index in [0.29, 0.717) is 11.3 Å². The maximum atomic E-state index is 12.3. The van der Waals surface area contributed by atoms with E-state index in [1.807, 2.05) is 12.3 Å². The van der Waals surface area contributed by atoms with Gasteiger partial charge in [-0.1, -0.05) is 6.07 Å². The monoisotopic (exact) mass is 336 g/mol. The first-order valence-electron chi connectivity index (χ1n) is 6.45. The Hall–Kier alpha value is -1.99. The summed E-state index contributed by atoms with van der Waals surface area (Å²) < 4.78 is 27.2. The molecule has 0 saturated carbocycles. The lowest BCUT2D eigenvalue weighted by Gasteiger charge is -2.09. The highest BCUT2D eigenvalue weighted by molar-refractivity contribution is 7.98. The van der Waals surface area contributed by atoms with E-state index in [9.17, 15) is 13.2 Å². The summed E-state index contributed by atoms with van der Waals surface area (Å²) in [7, 11) is -2.16. The Labute approximate surface area is 134 Å². The van der Waals surface area contributed by atoms with E-state index in [4.69, 9.17) is 0 Å². The van der Waals surface area contributed by atoms with Gasteiger partial charge >= 0.3 is 0 Å².